The summed E-state index contributed by atoms with van der Waals surface area (Å²) in [6.45, 7) is 0.851. The molecule has 1 aliphatic carbocycles. The molecule has 0 spiro atoms. The number of aromatic nitrogens is 3. The molecule has 1 aliphatic heterocycles. The Morgan fingerprint density at radius 3 is 2.33 bits per heavy atom. The number of anilines is 1. The zero-order valence-electron chi connectivity index (χ0n) is 22.6. The first-order valence-corrected chi connectivity index (χ1v) is 14.8. The maximum absolute atomic E-state index is 14.0. The minimum absolute atomic E-state index is 0.0318. The Morgan fingerprint density at radius 2 is 1.69 bits per heavy atom. The van der Waals surface area contributed by atoms with Gasteiger partial charge >= 0.3 is 12.1 Å². The lowest BCUT2D eigenvalue weighted by molar-refractivity contribution is -0.184. The third kappa shape index (κ3) is 5.65. The normalized spacial score (nSPS) is 20.1. The summed E-state index contributed by atoms with van der Waals surface area (Å²) < 4.78 is 47.0. The highest BCUT2D eigenvalue weighted by atomic mass is 32.1. The van der Waals surface area contributed by atoms with Crippen LogP contribution in [0, 0.1) is 11.8 Å². The van der Waals surface area contributed by atoms with Gasteiger partial charge in [0, 0.05) is 54.1 Å². The van der Waals surface area contributed by atoms with E-state index >= 15 is 0 Å². The largest absolute Gasteiger partial charge is 0.477 e. The lowest BCUT2D eigenvalue weighted by atomic mass is 9.80. The molecule has 2 aliphatic rings. The summed E-state index contributed by atoms with van der Waals surface area (Å²) in [6.07, 6.45) is 0.338. The molecule has 3 aromatic heterocycles. The highest BCUT2D eigenvalue weighted by Crippen LogP contribution is 2.43. The standard InChI is InChI=1S/C30H29F3N4O4S/c31-30(32,33)21-8-6-20(7-9-21)28(38)37(22-10-14-41-15-11-22)24-17-25(42-27(24)29(39)40)19-4-2-18(3-5-19)23-16-26-34-12-1-13-36(26)35-23/h1-5,12-13,16-17,20-22H,6-11,14-15H2,(H,39,40). The van der Waals surface area contributed by atoms with Gasteiger partial charge in [0.2, 0.25) is 5.91 Å². The van der Waals surface area contributed by atoms with Crippen molar-refractivity contribution in [3.63, 3.8) is 0 Å². The van der Waals surface area contributed by atoms with Gasteiger partial charge in [0.1, 0.15) is 4.88 Å². The Morgan fingerprint density at radius 1 is 1.00 bits per heavy atom. The topological polar surface area (TPSA) is 97.0 Å². The van der Waals surface area contributed by atoms with Crippen molar-refractivity contribution in [1.29, 1.82) is 0 Å². The molecule has 0 radical (unpaired) electrons. The van der Waals surface area contributed by atoms with Crippen LogP contribution < -0.4 is 4.90 Å². The minimum Gasteiger partial charge on any atom is -0.477 e. The van der Waals surface area contributed by atoms with Crippen molar-refractivity contribution in [2.45, 2.75) is 50.7 Å². The zero-order valence-corrected chi connectivity index (χ0v) is 23.4. The number of hydrogen-bond acceptors (Lipinski definition) is 6. The van der Waals surface area contributed by atoms with E-state index in [0.717, 1.165) is 33.8 Å². The summed E-state index contributed by atoms with van der Waals surface area (Å²) in [4.78, 5) is 33.0. The van der Waals surface area contributed by atoms with Gasteiger partial charge in [-0.25, -0.2) is 14.3 Å². The van der Waals surface area contributed by atoms with Crippen LogP contribution in [0.5, 0.6) is 0 Å². The molecule has 8 nitrogen and oxygen atoms in total. The molecule has 1 amide bonds. The molecule has 2 fully saturated rings. The lowest BCUT2D eigenvalue weighted by Crippen LogP contribution is -2.47. The predicted molar refractivity (Wildman–Crippen MR) is 152 cm³/mol. The van der Waals surface area contributed by atoms with Gasteiger partial charge in [-0.05, 0) is 56.2 Å². The van der Waals surface area contributed by atoms with Crippen molar-refractivity contribution < 1.29 is 32.6 Å². The molecule has 12 heteroatoms. The molecule has 4 heterocycles. The van der Waals surface area contributed by atoms with Gasteiger partial charge in [-0.15, -0.1) is 11.3 Å². The number of amides is 1. The van der Waals surface area contributed by atoms with E-state index in [1.54, 1.807) is 27.7 Å². The number of ether oxygens (including phenoxy) is 1. The SMILES string of the molecule is O=C(O)c1sc(-c2ccc(-c3cc4ncccn4n3)cc2)cc1N(C(=O)C1CCC(C(F)(F)F)CC1)C1CCOCC1. The van der Waals surface area contributed by atoms with Crippen LogP contribution >= 0.6 is 11.3 Å². The third-order valence-corrected chi connectivity index (χ3v) is 9.36. The predicted octanol–water partition coefficient (Wildman–Crippen LogP) is 6.70. The second-order valence-corrected chi connectivity index (χ2v) is 11.9. The summed E-state index contributed by atoms with van der Waals surface area (Å²) in [5, 5.41) is 14.7. The zero-order chi connectivity index (χ0) is 29.4. The quantitative estimate of drug-likeness (QED) is 0.265. The number of aromatic carboxylic acids is 1. The highest BCUT2D eigenvalue weighted by molar-refractivity contribution is 7.18. The van der Waals surface area contributed by atoms with Crippen LogP contribution in [0.1, 0.15) is 48.2 Å². The van der Waals surface area contributed by atoms with Crippen molar-refractivity contribution in [2.24, 2.45) is 11.8 Å². The number of thiophene rings is 1. The van der Waals surface area contributed by atoms with Crippen LogP contribution in [-0.2, 0) is 9.53 Å². The van der Waals surface area contributed by atoms with E-state index in [0.29, 0.717) is 36.6 Å². The number of fused-ring (bicyclic) bond motifs is 1. The Hall–Kier alpha value is -3.77. The van der Waals surface area contributed by atoms with Gasteiger partial charge in [0.05, 0.1) is 17.3 Å². The Kier molecular flexibility index (Phi) is 7.75. The fourth-order valence-corrected chi connectivity index (χ4v) is 6.93. The van der Waals surface area contributed by atoms with Crippen LogP contribution in [0.2, 0.25) is 0 Å². The van der Waals surface area contributed by atoms with Crippen LogP contribution in [0.15, 0.2) is 54.9 Å². The molecular weight excluding hydrogens is 569 g/mol. The fourth-order valence-electron chi connectivity index (χ4n) is 5.94. The molecule has 6 rings (SSSR count). The average molecular weight is 599 g/mol. The first-order valence-electron chi connectivity index (χ1n) is 13.9. The number of alkyl halides is 3. The van der Waals surface area contributed by atoms with Gasteiger partial charge in [-0.2, -0.15) is 18.3 Å². The number of halogens is 3. The van der Waals surface area contributed by atoms with E-state index in [4.69, 9.17) is 4.74 Å². The number of carbonyl (C=O) groups is 2. The molecule has 1 aromatic carbocycles. The van der Waals surface area contributed by atoms with Gasteiger partial charge in [0.25, 0.3) is 0 Å². The monoisotopic (exact) mass is 598 g/mol. The van der Waals surface area contributed by atoms with E-state index in [9.17, 15) is 27.9 Å². The Labute approximate surface area is 243 Å². The smallest absolute Gasteiger partial charge is 0.391 e. The van der Waals surface area contributed by atoms with E-state index in [2.05, 4.69) is 10.1 Å². The van der Waals surface area contributed by atoms with E-state index in [1.165, 1.54) is 0 Å². The second kappa shape index (κ2) is 11.5. The minimum atomic E-state index is -4.27. The fraction of sp³-hybridized carbons (Fsp3) is 0.400. The first-order chi connectivity index (χ1) is 20.2. The number of carbonyl (C=O) groups excluding carboxylic acids is 1. The van der Waals surface area contributed by atoms with Crippen LogP contribution in [0.3, 0.4) is 0 Å². The third-order valence-electron chi connectivity index (χ3n) is 8.20. The van der Waals surface area contributed by atoms with Crippen LogP contribution in [0.4, 0.5) is 18.9 Å². The van der Waals surface area contributed by atoms with Crippen LogP contribution in [-0.4, -0.2) is 57.0 Å². The van der Waals surface area contributed by atoms with Gasteiger partial charge < -0.3 is 14.7 Å². The second-order valence-electron chi connectivity index (χ2n) is 10.8. The van der Waals surface area contributed by atoms with E-state index in [1.807, 2.05) is 36.5 Å². The molecule has 4 aromatic rings. The molecule has 42 heavy (non-hydrogen) atoms. The summed E-state index contributed by atoms with van der Waals surface area (Å²) in [5.74, 6) is -3.44. The van der Waals surface area contributed by atoms with Crippen molar-refractivity contribution >= 4 is 34.5 Å². The van der Waals surface area contributed by atoms with Gasteiger partial charge in [0.15, 0.2) is 5.65 Å². The molecule has 0 unspecified atom stereocenters. The molecule has 220 valence electrons. The van der Waals surface area contributed by atoms with E-state index in [-0.39, 0.29) is 42.5 Å². The number of carboxylic acids is 1. The maximum Gasteiger partial charge on any atom is 0.391 e. The highest BCUT2D eigenvalue weighted by Gasteiger charge is 2.44. The van der Waals surface area contributed by atoms with Crippen molar-refractivity contribution in [2.75, 3.05) is 18.1 Å². The molecule has 0 bridgehead atoms. The van der Waals surface area contributed by atoms with E-state index < -0.39 is 24.0 Å². The number of hydrogen-bond donors (Lipinski definition) is 1. The summed E-state index contributed by atoms with van der Waals surface area (Å²) in [7, 11) is 0. The average Bonchev–Trinajstić information content (AvgIpc) is 3.63. The van der Waals surface area contributed by atoms with Crippen molar-refractivity contribution in [3.8, 4) is 21.7 Å². The van der Waals surface area contributed by atoms with Crippen molar-refractivity contribution in [3.05, 3.63) is 59.7 Å². The Balaban J connectivity index is 1.31. The number of carboxylic acid groups (broad SMARTS) is 1. The summed E-state index contributed by atoms with van der Waals surface area (Å²) >= 11 is 1.08. The number of benzene rings is 1. The van der Waals surface area contributed by atoms with Gasteiger partial charge in [-0.3, -0.25) is 4.79 Å². The molecule has 1 saturated carbocycles. The summed E-state index contributed by atoms with van der Waals surface area (Å²) in [5.41, 5.74) is 3.41. The Bertz CT molecular complexity index is 1550. The molecule has 0 atom stereocenters. The molecular formula is C30H29F3N4O4S. The maximum atomic E-state index is 14.0. The first kappa shape index (κ1) is 28.4. The van der Waals surface area contributed by atoms with Gasteiger partial charge in [-0.1, -0.05) is 24.3 Å². The lowest BCUT2D eigenvalue weighted by Gasteiger charge is -2.38. The van der Waals surface area contributed by atoms with Crippen LogP contribution in [0.25, 0.3) is 27.3 Å². The van der Waals surface area contributed by atoms with Crippen molar-refractivity contribution in [1.82, 2.24) is 14.6 Å². The molecule has 1 N–H and O–H groups in total. The summed E-state index contributed by atoms with van der Waals surface area (Å²) in [6, 6.07) is 12.7. The number of rotatable bonds is 6. The molecule has 1 saturated heterocycles. The number of nitrogens with zero attached hydrogens (tertiary/aromatic N) is 4.